The Hall–Kier alpha value is -3.48. The van der Waals surface area contributed by atoms with Crippen molar-refractivity contribution < 1.29 is 9.48 Å². The standard InChI is InChI=1S/C20H19N5O2/c1-12-16-11-25(26)18(10-17(16)24-20(21)23-12)14-7-4-3-6-13(14)15-8-5-9-22-19(15)27-2/h3-9,11,18H,10H2,1-2H3,(H2,21,23,24). The van der Waals surface area contributed by atoms with Crippen molar-refractivity contribution in [1.29, 1.82) is 0 Å². The molecule has 0 amide bonds. The van der Waals surface area contributed by atoms with E-state index < -0.39 is 6.04 Å². The number of aryl methyl sites for hydroxylation is 1. The molecular weight excluding hydrogens is 342 g/mol. The number of hydroxylamine groups is 1. The van der Waals surface area contributed by atoms with Gasteiger partial charge in [0.15, 0.2) is 12.3 Å². The van der Waals surface area contributed by atoms with Crippen LogP contribution >= 0.6 is 0 Å². The molecule has 4 rings (SSSR count). The molecule has 1 aliphatic rings. The molecule has 1 atom stereocenters. The van der Waals surface area contributed by atoms with Crippen molar-refractivity contribution in [3.8, 4) is 17.0 Å². The number of ether oxygens (including phenoxy) is 1. The average molecular weight is 361 g/mol. The van der Waals surface area contributed by atoms with Crippen molar-refractivity contribution in [2.24, 2.45) is 0 Å². The number of rotatable bonds is 3. The van der Waals surface area contributed by atoms with Crippen LogP contribution in [0.25, 0.3) is 11.1 Å². The van der Waals surface area contributed by atoms with E-state index in [1.54, 1.807) is 19.5 Å². The maximum absolute atomic E-state index is 12.9. The van der Waals surface area contributed by atoms with Crippen LogP contribution in [-0.2, 0) is 6.42 Å². The summed E-state index contributed by atoms with van der Waals surface area (Å²) in [6.07, 6.45) is 3.68. The third kappa shape index (κ3) is 2.97. The Morgan fingerprint density at radius 1 is 1.15 bits per heavy atom. The van der Waals surface area contributed by atoms with Crippen LogP contribution in [0.4, 0.5) is 5.95 Å². The average Bonchev–Trinajstić information content (AvgIpc) is 2.68. The van der Waals surface area contributed by atoms with Gasteiger partial charge in [0.25, 0.3) is 0 Å². The summed E-state index contributed by atoms with van der Waals surface area (Å²) in [6.45, 7) is 1.83. The normalized spacial score (nSPS) is 15.8. The number of nitrogens with zero attached hydrogens (tertiary/aromatic N) is 4. The zero-order valence-corrected chi connectivity index (χ0v) is 15.1. The Bertz CT molecular complexity index is 1050. The van der Waals surface area contributed by atoms with Gasteiger partial charge in [-0.15, -0.1) is 0 Å². The zero-order valence-electron chi connectivity index (χ0n) is 15.1. The van der Waals surface area contributed by atoms with Gasteiger partial charge >= 0.3 is 0 Å². The molecule has 3 heterocycles. The summed E-state index contributed by atoms with van der Waals surface area (Å²) in [4.78, 5) is 12.8. The van der Waals surface area contributed by atoms with Crippen LogP contribution < -0.4 is 10.5 Å². The summed E-state index contributed by atoms with van der Waals surface area (Å²) in [5.74, 6) is 0.741. The summed E-state index contributed by atoms with van der Waals surface area (Å²) in [7, 11) is 1.58. The lowest BCUT2D eigenvalue weighted by molar-refractivity contribution is -0.504. The summed E-state index contributed by atoms with van der Waals surface area (Å²) in [5.41, 5.74) is 10.7. The van der Waals surface area contributed by atoms with Crippen LogP contribution in [0, 0.1) is 12.1 Å². The monoisotopic (exact) mass is 361 g/mol. The van der Waals surface area contributed by atoms with Gasteiger partial charge in [0.05, 0.1) is 30.5 Å². The topological polar surface area (TPSA) is 100.0 Å². The van der Waals surface area contributed by atoms with Crippen LogP contribution in [0.3, 0.4) is 0 Å². The lowest BCUT2D eigenvalue weighted by Crippen LogP contribution is -2.26. The molecule has 2 N–H and O–H groups in total. The number of anilines is 1. The lowest BCUT2D eigenvalue weighted by atomic mass is 9.90. The first-order valence-electron chi connectivity index (χ1n) is 8.60. The van der Waals surface area contributed by atoms with E-state index >= 15 is 0 Å². The van der Waals surface area contributed by atoms with E-state index in [4.69, 9.17) is 10.5 Å². The SMILES string of the molecule is COc1ncccc1-c1ccccc1C1Cc2nc(N)nc(C)c2C=[N+]1[O-]. The second-order valence-electron chi connectivity index (χ2n) is 6.38. The highest BCUT2D eigenvalue weighted by Gasteiger charge is 2.31. The highest BCUT2D eigenvalue weighted by Crippen LogP contribution is 2.37. The number of pyridine rings is 1. The molecule has 0 saturated heterocycles. The van der Waals surface area contributed by atoms with Crippen molar-refractivity contribution in [2.45, 2.75) is 19.4 Å². The fourth-order valence-electron chi connectivity index (χ4n) is 3.52. The second kappa shape index (κ2) is 6.68. The van der Waals surface area contributed by atoms with Crippen molar-refractivity contribution in [1.82, 2.24) is 15.0 Å². The molecule has 3 aromatic rings. The van der Waals surface area contributed by atoms with Crippen LogP contribution in [0.1, 0.15) is 28.6 Å². The Labute approximate surface area is 156 Å². The molecule has 0 saturated carbocycles. The number of aromatic nitrogens is 3. The van der Waals surface area contributed by atoms with Crippen LogP contribution in [0.15, 0.2) is 42.6 Å². The van der Waals surface area contributed by atoms with Gasteiger partial charge in [-0.05, 0) is 24.6 Å². The molecule has 2 aromatic heterocycles. The molecule has 1 unspecified atom stereocenters. The molecule has 0 aliphatic carbocycles. The van der Waals surface area contributed by atoms with Crippen molar-refractivity contribution in [3.05, 3.63) is 70.3 Å². The van der Waals surface area contributed by atoms with Gasteiger partial charge < -0.3 is 15.7 Å². The first-order chi connectivity index (χ1) is 13.1. The largest absolute Gasteiger partial charge is 0.623 e. The molecule has 27 heavy (non-hydrogen) atoms. The summed E-state index contributed by atoms with van der Waals surface area (Å²) in [6, 6.07) is 11.1. The number of benzene rings is 1. The number of nitrogen functional groups attached to an aromatic ring is 1. The summed E-state index contributed by atoms with van der Waals surface area (Å²) < 4.78 is 6.38. The minimum Gasteiger partial charge on any atom is -0.623 e. The predicted molar refractivity (Wildman–Crippen MR) is 103 cm³/mol. The molecule has 0 radical (unpaired) electrons. The number of hydrogen-bond acceptors (Lipinski definition) is 6. The van der Waals surface area contributed by atoms with E-state index in [-0.39, 0.29) is 5.95 Å². The molecule has 7 nitrogen and oxygen atoms in total. The maximum Gasteiger partial charge on any atom is 0.221 e. The number of hydrogen-bond donors (Lipinski definition) is 1. The van der Waals surface area contributed by atoms with Gasteiger partial charge in [0.1, 0.15) is 0 Å². The van der Waals surface area contributed by atoms with Gasteiger partial charge in [0.2, 0.25) is 11.8 Å². The van der Waals surface area contributed by atoms with E-state index in [2.05, 4.69) is 15.0 Å². The lowest BCUT2D eigenvalue weighted by Gasteiger charge is -2.24. The first-order valence-corrected chi connectivity index (χ1v) is 8.60. The molecule has 0 fully saturated rings. The van der Waals surface area contributed by atoms with Crippen molar-refractivity contribution >= 4 is 12.2 Å². The fourth-order valence-corrected chi connectivity index (χ4v) is 3.52. The molecule has 1 aromatic carbocycles. The third-order valence-electron chi connectivity index (χ3n) is 4.76. The number of fused-ring (bicyclic) bond motifs is 1. The highest BCUT2D eigenvalue weighted by atomic mass is 16.5. The van der Waals surface area contributed by atoms with E-state index in [1.807, 2.05) is 43.3 Å². The molecular formula is C20H19N5O2. The first kappa shape index (κ1) is 17.0. The molecule has 7 heteroatoms. The van der Waals surface area contributed by atoms with Gasteiger partial charge in [-0.1, -0.05) is 24.3 Å². The number of nitrogens with two attached hydrogens (primary N) is 1. The van der Waals surface area contributed by atoms with Crippen molar-refractivity contribution in [2.75, 3.05) is 12.8 Å². The van der Waals surface area contributed by atoms with Crippen LogP contribution in [-0.4, -0.2) is 33.0 Å². The Kier molecular flexibility index (Phi) is 4.19. The van der Waals surface area contributed by atoms with Gasteiger partial charge in [0, 0.05) is 17.3 Å². The fraction of sp³-hybridized carbons (Fsp3) is 0.200. The number of methoxy groups -OCH3 is 1. The Morgan fingerprint density at radius 2 is 1.93 bits per heavy atom. The Balaban J connectivity index is 1.84. The summed E-state index contributed by atoms with van der Waals surface area (Å²) >= 11 is 0. The second-order valence-corrected chi connectivity index (χ2v) is 6.38. The van der Waals surface area contributed by atoms with Crippen LogP contribution in [0.5, 0.6) is 5.88 Å². The van der Waals surface area contributed by atoms with Gasteiger partial charge in [-0.3, -0.25) is 0 Å². The van der Waals surface area contributed by atoms with E-state index in [9.17, 15) is 5.21 Å². The molecule has 1 aliphatic heterocycles. The third-order valence-corrected chi connectivity index (χ3v) is 4.76. The van der Waals surface area contributed by atoms with Gasteiger partial charge in [-0.25, -0.2) is 19.7 Å². The summed E-state index contributed by atoms with van der Waals surface area (Å²) in [5, 5.41) is 12.9. The van der Waals surface area contributed by atoms with E-state index in [1.165, 1.54) is 0 Å². The van der Waals surface area contributed by atoms with Crippen molar-refractivity contribution in [3.63, 3.8) is 0 Å². The maximum atomic E-state index is 12.9. The van der Waals surface area contributed by atoms with Crippen LogP contribution in [0.2, 0.25) is 0 Å². The minimum atomic E-state index is -0.424. The highest BCUT2D eigenvalue weighted by molar-refractivity contribution is 5.80. The van der Waals surface area contributed by atoms with E-state index in [0.29, 0.717) is 18.0 Å². The molecule has 0 spiro atoms. The predicted octanol–water partition coefficient (Wildman–Crippen LogP) is 2.66. The van der Waals surface area contributed by atoms with E-state index in [0.717, 1.165) is 32.7 Å². The Morgan fingerprint density at radius 3 is 2.74 bits per heavy atom. The van der Waals surface area contributed by atoms with Gasteiger partial charge in [-0.2, -0.15) is 0 Å². The minimum absolute atomic E-state index is 0.222. The molecule has 136 valence electrons. The quantitative estimate of drug-likeness (QED) is 0.569. The molecule has 0 bridgehead atoms. The smallest absolute Gasteiger partial charge is 0.221 e. The zero-order chi connectivity index (χ0) is 19.0.